The minimum absolute atomic E-state index is 0.211. The third-order valence-corrected chi connectivity index (χ3v) is 4.95. The molecule has 23 heavy (non-hydrogen) atoms. The Bertz CT molecular complexity index is 969. The first kappa shape index (κ1) is 14.1. The second kappa shape index (κ2) is 5.02. The van der Waals surface area contributed by atoms with Crippen LogP contribution in [0.15, 0.2) is 23.0 Å². The van der Waals surface area contributed by atoms with Gasteiger partial charge < -0.3 is 4.74 Å². The van der Waals surface area contributed by atoms with Crippen molar-refractivity contribution >= 4 is 11.3 Å². The largest absolute Gasteiger partial charge is 0.492 e. The van der Waals surface area contributed by atoms with Gasteiger partial charge in [-0.05, 0) is 24.6 Å². The van der Waals surface area contributed by atoms with Gasteiger partial charge in [0, 0.05) is 16.9 Å². The van der Waals surface area contributed by atoms with Gasteiger partial charge in [-0.3, -0.25) is 0 Å². The number of benzene rings is 1. The number of nitrogens with zero attached hydrogens (tertiary/aromatic N) is 5. The van der Waals surface area contributed by atoms with Crippen molar-refractivity contribution in [3.63, 3.8) is 0 Å². The van der Waals surface area contributed by atoms with Crippen molar-refractivity contribution in [3.8, 4) is 22.1 Å². The highest BCUT2D eigenvalue weighted by atomic mass is 32.1. The summed E-state index contributed by atoms with van der Waals surface area (Å²) in [6.07, 6.45) is 0.777. The second-order valence-corrected chi connectivity index (χ2v) is 6.63. The van der Waals surface area contributed by atoms with Crippen molar-refractivity contribution in [2.24, 2.45) is 14.1 Å². The van der Waals surface area contributed by atoms with Gasteiger partial charge in [0.2, 0.25) is 5.13 Å². The molecule has 4 rings (SSSR count). The average molecular weight is 330 g/mol. The van der Waals surface area contributed by atoms with Gasteiger partial charge in [-0.1, -0.05) is 31.6 Å². The first-order valence-electron chi connectivity index (χ1n) is 7.31. The maximum absolute atomic E-state index is 12.2. The van der Waals surface area contributed by atoms with Crippen LogP contribution in [0.3, 0.4) is 0 Å². The molecule has 0 radical (unpaired) electrons. The Morgan fingerprint density at radius 3 is 2.96 bits per heavy atom. The molecule has 0 spiro atoms. The van der Waals surface area contributed by atoms with Crippen molar-refractivity contribution in [1.82, 2.24) is 19.6 Å². The highest BCUT2D eigenvalue weighted by Crippen LogP contribution is 2.38. The van der Waals surface area contributed by atoms with E-state index in [1.807, 2.05) is 25.1 Å². The minimum atomic E-state index is -0.211. The van der Waals surface area contributed by atoms with Crippen molar-refractivity contribution in [2.45, 2.75) is 13.3 Å². The van der Waals surface area contributed by atoms with Gasteiger partial charge in [0.25, 0.3) is 0 Å². The highest BCUT2D eigenvalue weighted by Gasteiger charge is 2.25. The normalized spacial score (nSPS) is 13.2. The van der Waals surface area contributed by atoms with E-state index >= 15 is 0 Å². The summed E-state index contributed by atoms with van der Waals surface area (Å²) < 4.78 is 8.62. The van der Waals surface area contributed by atoms with E-state index in [-0.39, 0.29) is 5.69 Å². The number of fused-ring (bicyclic) bond motifs is 3. The molecule has 1 aliphatic rings. The molecule has 1 aromatic carbocycles. The molecule has 1 aliphatic heterocycles. The van der Waals surface area contributed by atoms with Crippen LogP contribution in [0.1, 0.15) is 10.4 Å². The SMILES string of the molecule is Cc1ccc2c(c1)OCCc1sc(-n3c(=O)n(C)n[n+]3C)nc1-2. The average Bonchev–Trinajstić information content (AvgIpc) is 2.95. The predicted octanol–water partition coefficient (Wildman–Crippen LogP) is 0.762. The Morgan fingerprint density at radius 1 is 1.39 bits per heavy atom. The molecule has 3 heterocycles. The van der Waals surface area contributed by atoms with Crippen molar-refractivity contribution in [3.05, 3.63) is 39.1 Å². The van der Waals surface area contributed by atoms with E-state index in [4.69, 9.17) is 9.72 Å². The summed E-state index contributed by atoms with van der Waals surface area (Å²) in [5.41, 5.74) is 2.81. The van der Waals surface area contributed by atoms with Crippen molar-refractivity contribution in [2.75, 3.05) is 6.61 Å². The lowest BCUT2D eigenvalue weighted by atomic mass is 10.1. The maximum atomic E-state index is 12.2. The van der Waals surface area contributed by atoms with E-state index in [0.29, 0.717) is 11.7 Å². The van der Waals surface area contributed by atoms with Gasteiger partial charge in [0.15, 0.2) is 0 Å². The molecule has 0 atom stereocenters. The Kier molecular flexibility index (Phi) is 3.08. The molecule has 2 aromatic heterocycles. The van der Waals surface area contributed by atoms with Crippen LogP contribution in [0, 0.1) is 6.92 Å². The molecule has 0 amide bonds. The van der Waals surface area contributed by atoms with Crippen LogP contribution in [0.2, 0.25) is 0 Å². The fourth-order valence-corrected chi connectivity index (χ4v) is 3.82. The molecular formula is C15H16N5O2S+. The van der Waals surface area contributed by atoms with Gasteiger partial charge in [-0.15, -0.1) is 0 Å². The monoisotopic (exact) mass is 330 g/mol. The van der Waals surface area contributed by atoms with E-state index < -0.39 is 0 Å². The number of hydrogen-bond donors (Lipinski definition) is 0. The summed E-state index contributed by atoms with van der Waals surface area (Å²) in [7, 11) is 3.36. The van der Waals surface area contributed by atoms with Crippen LogP contribution in [0.5, 0.6) is 5.75 Å². The topological polar surface area (TPSA) is 65.8 Å². The first-order valence-corrected chi connectivity index (χ1v) is 8.13. The number of rotatable bonds is 1. The fraction of sp³-hybridized carbons (Fsp3) is 0.333. The summed E-state index contributed by atoms with van der Waals surface area (Å²) in [6.45, 7) is 2.65. The summed E-state index contributed by atoms with van der Waals surface area (Å²) in [4.78, 5) is 19.6. The Hall–Kier alpha value is -2.48. The molecule has 118 valence electrons. The quantitative estimate of drug-likeness (QED) is 0.618. The molecule has 0 saturated carbocycles. The van der Waals surface area contributed by atoms with Crippen LogP contribution in [-0.2, 0) is 20.5 Å². The number of ether oxygens (including phenoxy) is 1. The van der Waals surface area contributed by atoms with Gasteiger partial charge in [-0.25, -0.2) is 9.78 Å². The van der Waals surface area contributed by atoms with Crippen LogP contribution >= 0.6 is 11.3 Å². The van der Waals surface area contributed by atoms with Crippen LogP contribution in [0.25, 0.3) is 16.4 Å². The van der Waals surface area contributed by atoms with Crippen molar-refractivity contribution < 1.29 is 9.53 Å². The van der Waals surface area contributed by atoms with Crippen LogP contribution < -0.4 is 15.2 Å². The van der Waals surface area contributed by atoms with E-state index in [9.17, 15) is 4.79 Å². The third-order valence-electron chi connectivity index (χ3n) is 3.86. The van der Waals surface area contributed by atoms with Gasteiger partial charge in [0.05, 0.1) is 12.3 Å². The summed E-state index contributed by atoms with van der Waals surface area (Å²) in [5.74, 6) is 0.850. The van der Waals surface area contributed by atoms with Gasteiger partial charge in [0.1, 0.15) is 25.1 Å². The standard InChI is InChI=1S/C15H16N5O2S/c1-9-4-5-10-11(8-9)22-7-6-12-13(10)16-14(23-12)20-15(21)18(2)17-19(20)3/h4-5,8H,6-7H2,1-3H3/q+1. The molecule has 0 saturated heterocycles. The van der Waals surface area contributed by atoms with Crippen LogP contribution in [0.4, 0.5) is 0 Å². The zero-order chi connectivity index (χ0) is 16.1. The molecule has 3 aromatic rings. The second-order valence-electron chi connectivity index (χ2n) is 5.56. The van der Waals surface area contributed by atoms with Crippen LogP contribution in [-0.4, -0.2) is 26.2 Å². The minimum Gasteiger partial charge on any atom is -0.492 e. The molecule has 0 bridgehead atoms. The lowest BCUT2D eigenvalue weighted by Gasteiger charge is -2.07. The Balaban J connectivity index is 1.92. The van der Waals surface area contributed by atoms with Gasteiger partial charge in [-0.2, -0.15) is 0 Å². The van der Waals surface area contributed by atoms with E-state index in [2.05, 4.69) is 5.21 Å². The van der Waals surface area contributed by atoms with E-state index in [0.717, 1.165) is 33.9 Å². The Morgan fingerprint density at radius 2 is 2.22 bits per heavy atom. The first-order chi connectivity index (χ1) is 11.0. The van der Waals surface area contributed by atoms with E-state index in [1.54, 1.807) is 14.1 Å². The smallest absolute Gasteiger partial charge is 0.475 e. The molecule has 8 heteroatoms. The van der Waals surface area contributed by atoms with E-state index in [1.165, 1.54) is 25.5 Å². The summed E-state index contributed by atoms with van der Waals surface area (Å²) in [5, 5.41) is 4.72. The maximum Gasteiger partial charge on any atom is 0.475 e. The summed E-state index contributed by atoms with van der Waals surface area (Å²) >= 11 is 1.51. The molecule has 0 aliphatic carbocycles. The lowest BCUT2D eigenvalue weighted by Crippen LogP contribution is -2.44. The zero-order valence-corrected chi connectivity index (χ0v) is 13.9. The summed E-state index contributed by atoms with van der Waals surface area (Å²) in [6, 6.07) is 6.11. The lowest BCUT2D eigenvalue weighted by molar-refractivity contribution is -0.801. The molecule has 7 nitrogen and oxygen atoms in total. The number of thiazole rings is 1. The zero-order valence-electron chi connectivity index (χ0n) is 13.1. The highest BCUT2D eigenvalue weighted by molar-refractivity contribution is 7.14. The van der Waals surface area contributed by atoms with Crippen molar-refractivity contribution in [1.29, 1.82) is 0 Å². The number of aryl methyl sites for hydroxylation is 3. The Labute approximate surface area is 136 Å². The molecule has 0 unspecified atom stereocenters. The number of hydrogen-bond acceptors (Lipinski definition) is 5. The number of tetrazole rings is 1. The molecule has 0 fully saturated rings. The number of aromatic nitrogens is 5. The fourth-order valence-electron chi connectivity index (χ4n) is 2.75. The molecule has 0 N–H and O–H groups in total. The molecular weight excluding hydrogens is 314 g/mol. The van der Waals surface area contributed by atoms with Gasteiger partial charge >= 0.3 is 5.69 Å². The predicted molar refractivity (Wildman–Crippen MR) is 85.0 cm³/mol. The third kappa shape index (κ3) is 2.17.